The Kier molecular flexibility index (Phi) is 2.90. The van der Waals surface area contributed by atoms with E-state index in [9.17, 15) is 14.7 Å². The molecule has 4 nitrogen and oxygen atoms in total. The highest BCUT2D eigenvalue weighted by Crippen LogP contribution is 2.24. The van der Waals surface area contributed by atoms with Crippen LogP contribution in [0.2, 0.25) is 0 Å². The number of rotatable bonds is 3. The summed E-state index contributed by atoms with van der Waals surface area (Å²) >= 11 is 0. The second-order valence-electron chi connectivity index (χ2n) is 3.91. The Bertz CT molecular complexity index is 440. The smallest absolute Gasteiger partial charge is 0.224 e. The molecule has 0 aliphatic carbocycles. The van der Waals surface area contributed by atoms with Crippen LogP contribution in [0, 0.1) is 0 Å². The van der Waals surface area contributed by atoms with E-state index in [4.69, 9.17) is 0 Å². The number of aryl methyl sites for hydroxylation is 2. The molecule has 1 amide bonds. The van der Waals surface area contributed by atoms with Crippen LogP contribution in [0.25, 0.3) is 0 Å². The van der Waals surface area contributed by atoms with E-state index >= 15 is 0 Å². The van der Waals surface area contributed by atoms with E-state index in [1.165, 1.54) is 0 Å². The summed E-state index contributed by atoms with van der Waals surface area (Å²) in [6.45, 7) is 0. The highest BCUT2D eigenvalue weighted by atomic mass is 16.4. The van der Waals surface area contributed by atoms with Crippen LogP contribution in [-0.4, -0.2) is 11.9 Å². The molecular formula is C12H12NO3-. The maximum atomic E-state index is 11.2. The van der Waals surface area contributed by atoms with Crippen molar-refractivity contribution < 1.29 is 14.7 Å². The van der Waals surface area contributed by atoms with E-state index in [0.29, 0.717) is 12.8 Å². The van der Waals surface area contributed by atoms with Gasteiger partial charge in [0.05, 0.1) is 0 Å². The zero-order valence-electron chi connectivity index (χ0n) is 8.79. The lowest BCUT2D eigenvalue weighted by Gasteiger charge is -2.17. The highest BCUT2D eigenvalue weighted by Gasteiger charge is 2.14. The molecule has 2 rings (SSSR count). The van der Waals surface area contributed by atoms with Crippen LogP contribution in [-0.2, 0) is 22.4 Å². The van der Waals surface area contributed by atoms with Crippen molar-refractivity contribution in [2.24, 2.45) is 0 Å². The number of carboxylic acids is 1. The monoisotopic (exact) mass is 218 g/mol. The minimum Gasteiger partial charge on any atom is -0.550 e. The molecule has 0 radical (unpaired) electrons. The number of hydrogen-bond donors (Lipinski definition) is 1. The van der Waals surface area contributed by atoms with E-state index in [1.54, 1.807) is 0 Å². The first-order chi connectivity index (χ1) is 7.65. The van der Waals surface area contributed by atoms with Gasteiger partial charge in [-0.25, -0.2) is 0 Å². The van der Waals surface area contributed by atoms with E-state index < -0.39 is 5.97 Å². The minimum absolute atomic E-state index is 0.00668. The quantitative estimate of drug-likeness (QED) is 0.790. The number of carbonyl (C=O) groups excluding carboxylic acids is 2. The summed E-state index contributed by atoms with van der Waals surface area (Å²) in [6, 6.07) is 5.69. The molecular weight excluding hydrogens is 206 g/mol. The summed E-state index contributed by atoms with van der Waals surface area (Å²) in [4.78, 5) is 21.5. The fourth-order valence-corrected chi connectivity index (χ4v) is 1.82. The zero-order chi connectivity index (χ0) is 11.5. The number of aliphatic carboxylic acids is 1. The van der Waals surface area contributed by atoms with Gasteiger partial charge in [0, 0.05) is 18.1 Å². The Balaban J connectivity index is 2.14. The third kappa shape index (κ3) is 2.39. The predicted molar refractivity (Wildman–Crippen MR) is 56.7 cm³/mol. The van der Waals surface area contributed by atoms with Gasteiger partial charge in [-0.1, -0.05) is 12.1 Å². The van der Waals surface area contributed by atoms with Crippen molar-refractivity contribution in [2.45, 2.75) is 25.7 Å². The Morgan fingerprint density at radius 1 is 1.38 bits per heavy atom. The van der Waals surface area contributed by atoms with Gasteiger partial charge >= 0.3 is 0 Å². The van der Waals surface area contributed by atoms with Gasteiger partial charge in [-0.05, 0) is 36.5 Å². The molecule has 4 heteroatoms. The van der Waals surface area contributed by atoms with Gasteiger partial charge < -0.3 is 15.2 Å². The molecule has 0 unspecified atom stereocenters. The van der Waals surface area contributed by atoms with Crippen LogP contribution in [0.3, 0.4) is 0 Å². The molecule has 0 aromatic heterocycles. The number of hydrogen-bond acceptors (Lipinski definition) is 3. The molecule has 84 valence electrons. The van der Waals surface area contributed by atoms with Crippen LogP contribution >= 0.6 is 0 Å². The summed E-state index contributed by atoms with van der Waals surface area (Å²) in [5.74, 6) is -1.04. The lowest BCUT2D eigenvalue weighted by molar-refractivity contribution is -0.305. The molecule has 1 aromatic rings. The summed E-state index contributed by atoms with van der Waals surface area (Å²) in [5.41, 5.74) is 2.83. The summed E-state index contributed by atoms with van der Waals surface area (Å²) in [6.07, 6.45) is 1.71. The van der Waals surface area contributed by atoms with Crippen LogP contribution < -0.4 is 10.4 Å². The topological polar surface area (TPSA) is 69.2 Å². The largest absolute Gasteiger partial charge is 0.550 e. The first-order valence-electron chi connectivity index (χ1n) is 5.26. The Labute approximate surface area is 93.3 Å². The lowest BCUT2D eigenvalue weighted by Crippen LogP contribution is -2.22. The van der Waals surface area contributed by atoms with Gasteiger partial charge in [-0.15, -0.1) is 0 Å². The predicted octanol–water partition coefficient (Wildman–Crippen LogP) is 0.254. The van der Waals surface area contributed by atoms with E-state index in [2.05, 4.69) is 5.32 Å². The van der Waals surface area contributed by atoms with Gasteiger partial charge in [-0.3, -0.25) is 4.79 Å². The standard InChI is InChI=1S/C12H13NO3/c14-11-5-4-9-3-1-8(2-6-12(15)16)7-10(9)13-11/h1,3,7H,2,4-6H2,(H,13,14)(H,15,16)/p-1. The number of carboxylic acid groups (broad SMARTS) is 1. The second-order valence-corrected chi connectivity index (χ2v) is 3.91. The summed E-state index contributed by atoms with van der Waals surface area (Å²) < 4.78 is 0. The number of amides is 1. The van der Waals surface area contributed by atoms with Crippen molar-refractivity contribution in [1.82, 2.24) is 0 Å². The molecule has 1 aliphatic heterocycles. The van der Waals surface area contributed by atoms with E-state index in [1.807, 2.05) is 18.2 Å². The van der Waals surface area contributed by atoms with Crippen molar-refractivity contribution in [3.8, 4) is 0 Å². The molecule has 0 fully saturated rings. The molecule has 1 heterocycles. The van der Waals surface area contributed by atoms with Gasteiger partial charge in [-0.2, -0.15) is 0 Å². The van der Waals surface area contributed by atoms with Crippen molar-refractivity contribution >= 4 is 17.6 Å². The third-order valence-electron chi connectivity index (χ3n) is 2.69. The minimum atomic E-state index is -1.05. The highest BCUT2D eigenvalue weighted by molar-refractivity contribution is 5.93. The van der Waals surface area contributed by atoms with Crippen LogP contribution in [0.4, 0.5) is 5.69 Å². The Morgan fingerprint density at radius 2 is 2.19 bits per heavy atom. The van der Waals surface area contributed by atoms with Crippen molar-refractivity contribution in [1.29, 1.82) is 0 Å². The van der Waals surface area contributed by atoms with Gasteiger partial charge in [0.15, 0.2) is 0 Å². The first-order valence-corrected chi connectivity index (χ1v) is 5.26. The van der Waals surface area contributed by atoms with Crippen LogP contribution in [0.1, 0.15) is 24.0 Å². The Morgan fingerprint density at radius 3 is 2.94 bits per heavy atom. The van der Waals surface area contributed by atoms with E-state index in [-0.39, 0.29) is 12.3 Å². The van der Waals surface area contributed by atoms with Crippen molar-refractivity contribution in [2.75, 3.05) is 5.32 Å². The Hall–Kier alpha value is -1.84. The summed E-state index contributed by atoms with van der Waals surface area (Å²) in [5, 5.41) is 13.1. The average Bonchev–Trinajstić information content (AvgIpc) is 2.25. The molecule has 1 N–H and O–H groups in total. The SMILES string of the molecule is O=C([O-])CCc1ccc2c(c1)NC(=O)CC2. The fourth-order valence-electron chi connectivity index (χ4n) is 1.82. The van der Waals surface area contributed by atoms with Gasteiger partial charge in [0.25, 0.3) is 0 Å². The maximum absolute atomic E-state index is 11.2. The molecule has 0 saturated carbocycles. The maximum Gasteiger partial charge on any atom is 0.224 e. The fraction of sp³-hybridized carbons (Fsp3) is 0.333. The molecule has 0 spiro atoms. The molecule has 0 saturated heterocycles. The normalized spacial score (nSPS) is 14.1. The first kappa shape index (κ1) is 10.7. The van der Waals surface area contributed by atoms with Gasteiger partial charge in [0.2, 0.25) is 5.91 Å². The van der Waals surface area contributed by atoms with Crippen molar-refractivity contribution in [3.63, 3.8) is 0 Å². The number of benzene rings is 1. The summed E-state index contributed by atoms with van der Waals surface area (Å²) in [7, 11) is 0. The number of nitrogens with one attached hydrogen (secondary N) is 1. The molecule has 0 bridgehead atoms. The molecule has 0 atom stereocenters. The number of fused-ring (bicyclic) bond motifs is 1. The average molecular weight is 218 g/mol. The van der Waals surface area contributed by atoms with Gasteiger partial charge in [0.1, 0.15) is 0 Å². The van der Waals surface area contributed by atoms with E-state index in [0.717, 1.165) is 23.2 Å². The second kappa shape index (κ2) is 4.35. The lowest BCUT2D eigenvalue weighted by atomic mass is 9.99. The van der Waals surface area contributed by atoms with Crippen molar-refractivity contribution in [3.05, 3.63) is 29.3 Å². The van der Waals surface area contributed by atoms with Crippen LogP contribution in [0.15, 0.2) is 18.2 Å². The van der Waals surface area contributed by atoms with Crippen LogP contribution in [0.5, 0.6) is 0 Å². The number of carbonyl (C=O) groups is 2. The third-order valence-corrected chi connectivity index (χ3v) is 2.69. The molecule has 1 aliphatic rings. The number of anilines is 1. The molecule has 1 aromatic carbocycles. The molecule has 16 heavy (non-hydrogen) atoms. The zero-order valence-corrected chi connectivity index (χ0v) is 8.79.